The van der Waals surface area contributed by atoms with Crippen LogP contribution in [0, 0.1) is 5.92 Å². The summed E-state index contributed by atoms with van der Waals surface area (Å²) in [6, 6.07) is 16.0. The van der Waals surface area contributed by atoms with E-state index in [1.165, 1.54) is 6.08 Å². The lowest BCUT2D eigenvalue weighted by Crippen LogP contribution is -2.38. The summed E-state index contributed by atoms with van der Waals surface area (Å²) in [5.74, 6) is -1.58. The third kappa shape index (κ3) is 4.25. The third-order valence-corrected chi connectivity index (χ3v) is 4.15. The van der Waals surface area contributed by atoms with Crippen LogP contribution in [-0.2, 0) is 4.74 Å². The molecule has 0 bridgehead atoms. The summed E-state index contributed by atoms with van der Waals surface area (Å²) < 4.78 is 49.4. The van der Waals surface area contributed by atoms with Gasteiger partial charge in [-0.15, -0.1) is 0 Å². The highest BCUT2D eigenvalue weighted by atomic mass is 19.4. The Morgan fingerprint density at radius 1 is 1.00 bits per heavy atom. The first-order valence-electron chi connectivity index (χ1n) is 8.21. The van der Waals surface area contributed by atoms with Crippen molar-refractivity contribution in [3.63, 3.8) is 0 Å². The number of allylic oxidation sites excluding steroid dienone is 1. The molecule has 2 aromatic rings. The van der Waals surface area contributed by atoms with Gasteiger partial charge >= 0.3 is 12.3 Å². The van der Waals surface area contributed by atoms with Crippen LogP contribution in [0.15, 0.2) is 66.7 Å². The fourth-order valence-corrected chi connectivity index (χ4v) is 2.91. The first-order chi connectivity index (χ1) is 12.4. The summed E-state index contributed by atoms with van der Waals surface area (Å²) >= 11 is 0. The molecule has 0 aromatic heterocycles. The van der Waals surface area contributed by atoms with E-state index in [1.807, 2.05) is 30.3 Å². The van der Waals surface area contributed by atoms with E-state index < -0.39 is 24.4 Å². The van der Waals surface area contributed by atoms with E-state index in [0.29, 0.717) is 12.0 Å². The maximum atomic E-state index is 13.1. The molecule has 2 aromatic carbocycles. The number of hydrogen-bond donors (Lipinski definition) is 0. The Bertz CT molecular complexity index is 784. The lowest BCUT2D eigenvalue weighted by molar-refractivity contribution is -0.187. The molecule has 0 saturated carbocycles. The second-order valence-corrected chi connectivity index (χ2v) is 5.94. The fraction of sp³-hybridized carbons (Fsp3) is 0.250. The number of rotatable bonds is 3. The fourth-order valence-electron chi connectivity index (χ4n) is 2.91. The van der Waals surface area contributed by atoms with E-state index in [4.69, 9.17) is 9.47 Å². The molecule has 0 saturated heterocycles. The smallest absolute Gasteiger partial charge is 0.430 e. The van der Waals surface area contributed by atoms with Crippen LogP contribution in [0.3, 0.4) is 0 Å². The molecule has 0 N–H and O–H groups in total. The molecule has 2 atom stereocenters. The summed E-state index contributed by atoms with van der Waals surface area (Å²) in [7, 11) is 0. The van der Waals surface area contributed by atoms with Gasteiger partial charge in [-0.3, -0.25) is 0 Å². The van der Waals surface area contributed by atoms with Crippen LogP contribution in [-0.4, -0.2) is 18.4 Å². The minimum Gasteiger partial charge on any atom is -0.430 e. The SMILES string of the molecule is O=C(Oc1ccccc1-c1ccccc1)OC1CCC=CC1C(F)(F)F. The van der Waals surface area contributed by atoms with E-state index in [-0.39, 0.29) is 12.2 Å². The van der Waals surface area contributed by atoms with Crippen molar-refractivity contribution in [1.82, 2.24) is 0 Å². The van der Waals surface area contributed by atoms with Gasteiger partial charge in [-0.05, 0) is 24.5 Å². The number of hydrogen-bond acceptors (Lipinski definition) is 3. The van der Waals surface area contributed by atoms with Crippen LogP contribution < -0.4 is 4.74 Å². The largest absolute Gasteiger partial charge is 0.514 e. The average molecular weight is 362 g/mol. The van der Waals surface area contributed by atoms with Crippen LogP contribution in [0.25, 0.3) is 11.1 Å². The van der Waals surface area contributed by atoms with Gasteiger partial charge in [0.1, 0.15) is 17.8 Å². The van der Waals surface area contributed by atoms with Gasteiger partial charge in [-0.25, -0.2) is 4.79 Å². The summed E-state index contributed by atoms with van der Waals surface area (Å²) in [4.78, 5) is 12.1. The van der Waals surface area contributed by atoms with Gasteiger partial charge in [0, 0.05) is 5.56 Å². The number of carbonyl (C=O) groups excluding carboxylic acids is 1. The number of carbonyl (C=O) groups is 1. The van der Waals surface area contributed by atoms with Crippen LogP contribution in [0.1, 0.15) is 12.8 Å². The van der Waals surface area contributed by atoms with Gasteiger partial charge in [0.15, 0.2) is 0 Å². The van der Waals surface area contributed by atoms with Crippen molar-refractivity contribution in [3.8, 4) is 16.9 Å². The quantitative estimate of drug-likeness (QED) is 0.395. The molecular weight excluding hydrogens is 345 g/mol. The maximum Gasteiger partial charge on any atom is 0.514 e. The van der Waals surface area contributed by atoms with Crippen molar-refractivity contribution in [2.24, 2.45) is 5.92 Å². The molecular formula is C20H17F3O3. The van der Waals surface area contributed by atoms with Crippen LogP contribution in [0.5, 0.6) is 5.75 Å². The lowest BCUT2D eigenvalue weighted by Gasteiger charge is -2.28. The first kappa shape index (κ1) is 18.0. The van der Waals surface area contributed by atoms with Gasteiger partial charge in [0.05, 0.1) is 0 Å². The standard InChI is InChI=1S/C20H17F3O3/c21-20(22,23)16-11-5-7-13-18(16)26-19(24)25-17-12-6-4-10-15(17)14-8-2-1-3-9-14/h1-6,8-12,16,18H,7,13H2. The topological polar surface area (TPSA) is 35.5 Å². The highest BCUT2D eigenvalue weighted by molar-refractivity contribution is 5.74. The number of alkyl halides is 3. The van der Waals surface area contributed by atoms with Crippen molar-refractivity contribution in [2.75, 3.05) is 0 Å². The van der Waals surface area contributed by atoms with Crippen molar-refractivity contribution in [3.05, 3.63) is 66.7 Å². The van der Waals surface area contributed by atoms with Crippen molar-refractivity contribution < 1.29 is 27.4 Å². The minimum atomic E-state index is -4.47. The predicted molar refractivity (Wildman–Crippen MR) is 90.7 cm³/mol. The number of ether oxygens (including phenoxy) is 2. The molecule has 0 radical (unpaired) electrons. The monoisotopic (exact) mass is 362 g/mol. The van der Waals surface area contributed by atoms with E-state index in [1.54, 1.807) is 24.3 Å². The molecule has 0 spiro atoms. The van der Waals surface area contributed by atoms with Crippen LogP contribution in [0.2, 0.25) is 0 Å². The highest BCUT2D eigenvalue weighted by Crippen LogP contribution is 2.36. The molecule has 1 aliphatic rings. The molecule has 1 aliphatic carbocycles. The first-order valence-corrected chi connectivity index (χ1v) is 8.21. The Balaban J connectivity index is 1.74. The second-order valence-electron chi connectivity index (χ2n) is 5.94. The van der Waals surface area contributed by atoms with Gasteiger partial charge < -0.3 is 9.47 Å². The maximum absolute atomic E-state index is 13.1. The van der Waals surface area contributed by atoms with Gasteiger partial charge in [0.2, 0.25) is 0 Å². The third-order valence-electron chi connectivity index (χ3n) is 4.15. The van der Waals surface area contributed by atoms with E-state index in [0.717, 1.165) is 11.6 Å². The Morgan fingerprint density at radius 2 is 1.69 bits per heavy atom. The number of para-hydroxylation sites is 1. The summed E-state index contributed by atoms with van der Waals surface area (Å²) in [6.45, 7) is 0. The zero-order chi connectivity index (χ0) is 18.6. The van der Waals surface area contributed by atoms with E-state index in [2.05, 4.69) is 0 Å². The molecule has 0 amide bonds. The molecule has 0 fully saturated rings. The number of halogens is 3. The van der Waals surface area contributed by atoms with Gasteiger partial charge in [-0.1, -0.05) is 60.7 Å². The van der Waals surface area contributed by atoms with Crippen molar-refractivity contribution in [2.45, 2.75) is 25.1 Å². The highest BCUT2D eigenvalue weighted by Gasteiger charge is 2.45. The minimum absolute atomic E-state index is 0.107. The molecule has 26 heavy (non-hydrogen) atoms. The van der Waals surface area contributed by atoms with Crippen LogP contribution in [0.4, 0.5) is 18.0 Å². The van der Waals surface area contributed by atoms with Crippen LogP contribution >= 0.6 is 0 Å². The van der Waals surface area contributed by atoms with Gasteiger partial charge in [0.25, 0.3) is 0 Å². The second kappa shape index (κ2) is 7.64. The molecule has 6 heteroatoms. The Labute approximate surface area is 149 Å². The molecule has 2 unspecified atom stereocenters. The number of benzene rings is 2. The average Bonchev–Trinajstić information content (AvgIpc) is 2.62. The summed E-state index contributed by atoms with van der Waals surface area (Å²) in [6.07, 6.45) is -3.86. The Hall–Kier alpha value is -2.76. The molecule has 0 aliphatic heterocycles. The molecule has 3 rings (SSSR count). The summed E-state index contributed by atoms with van der Waals surface area (Å²) in [5, 5.41) is 0. The molecule has 136 valence electrons. The van der Waals surface area contributed by atoms with E-state index >= 15 is 0 Å². The molecule has 0 heterocycles. The lowest BCUT2D eigenvalue weighted by atomic mass is 9.92. The summed E-state index contributed by atoms with van der Waals surface area (Å²) in [5.41, 5.74) is 1.48. The Morgan fingerprint density at radius 3 is 2.42 bits per heavy atom. The van der Waals surface area contributed by atoms with E-state index in [9.17, 15) is 18.0 Å². The van der Waals surface area contributed by atoms with Crippen molar-refractivity contribution >= 4 is 6.16 Å². The van der Waals surface area contributed by atoms with Gasteiger partial charge in [-0.2, -0.15) is 13.2 Å². The normalized spacial score (nSPS) is 19.8. The van der Waals surface area contributed by atoms with Crippen molar-refractivity contribution in [1.29, 1.82) is 0 Å². The molecule has 3 nitrogen and oxygen atoms in total. The zero-order valence-corrected chi connectivity index (χ0v) is 13.8. The Kier molecular flexibility index (Phi) is 5.30. The predicted octanol–water partition coefficient (Wildman–Crippen LogP) is 5.77. The zero-order valence-electron chi connectivity index (χ0n) is 13.8.